The van der Waals surface area contributed by atoms with Crippen LogP contribution in [0.1, 0.15) is 17.0 Å². The van der Waals surface area contributed by atoms with Gasteiger partial charge in [0.25, 0.3) is 5.69 Å². The van der Waals surface area contributed by atoms with Gasteiger partial charge in [-0.3, -0.25) is 10.1 Å². The van der Waals surface area contributed by atoms with Gasteiger partial charge in [-0.15, -0.1) is 0 Å². The number of aromatic nitrogens is 1. The fourth-order valence-corrected chi connectivity index (χ4v) is 1.80. The molecule has 2 aromatic rings. The number of nitrogens with one attached hydrogen (secondary N) is 1. The molecule has 0 saturated carbocycles. The molecule has 0 atom stereocenters. The topological polar surface area (TPSA) is 90.4 Å². The Balaban J connectivity index is 2.01. The summed E-state index contributed by atoms with van der Waals surface area (Å²) in [5, 5.41) is 17.7. The number of nitrogens with zero attached hydrogens (tertiary/aromatic N) is 2. The third-order valence-electron chi connectivity index (χ3n) is 2.70. The van der Waals surface area contributed by atoms with Crippen LogP contribution in [0.5, 0.6) is 5.75 Å². The molecule has 20 heavy (non-hydrogen) atoms. The fourth-order valence-electron chi connectivity index (χ4n) is 1.80. The molecular weight excluding hydrogens is 262 g/mol. The van der Waals surface area contributed by atoms with Crippen LogP contribution < -0.4 is 10.1 Å². The molecule has 0 fully saturated rings. The standard InChI is InChI=1S/C13H15N3O4/c1-9-3-13(20-15-9)8-14-7-10-4-11(16(17)18)6-12(5-10)19-2/h3-6,14H,7-8H2,1-2H3. The molecule has 0 spiro atoms. The van der Waals surface area contributed by atoms with Crippen LogP contribution in [-0.2, 0) is 13.1 Å². The number of benzene rings is 1. The van der Waals surface area contributed by atoms with E-state index in [1.807, 2.05) is 13.0 Å². The summed E-state index contributed by atoms with van der Waals surface area (Å²) in [6.07, 6.45) is 0. The van der Waals surface area contributed by atoms with Gasteiger partial charge in [-0.1, -0.05) is 5.16 Å². The van der Waals surface area contributed by atoms with E-state index in [1.165, 1.54) is 19.2 Å². The summed E-state index contributed by atoms with van der Waals surface area (Å²) in [5.41, 5.74) is 1.60. The molecule has 0 aliphatic carbocycles. The van der Waals surface area contributed by atoms with E-state index < -0.39 is 4.92 Å². The number of nitro benzene ring substituents is 1. The van der Waals surface area contributed by atoms with Crippen molar-refractivity contribution in [3.63, 3.8) is 0 Å². The molecule has 2 rings (SSSR count). The zero-order valence-corrected chi connectivity index (χ0v) is 11.3. The van der Waals surface area contributed by atoms with Crippen molar-refractivity contribution in [2.75, 3.05) is 7.11 Å². The first-order valence-corrected chi connectivity index (χ1v) is 6.04. The van der Waals surface area contributed by atoms with Crippen LogP contribution in [0.3, 0.4) is 0 Å². The van der Waals surface area contributed by atoms with Crippen LogP contribution in [0.2, 0.25) is 0 Å². The van der Waals surface area contributed by atoms with E-state index in [0.29, 0.717) is 18.8 Å². The average molecular weight is 277 g/mol. The highest BCUT2D eigenvalue weighted by Gasteiger charge is 2.10. The van der Waals surface area contributed by atoms with E-state index in [2.05, 4.69) is 10.5 Å². The number of aryl methyl sites for hydroxylation is 1. The maximum atomic E-state index is 10.8. The number of ether oxygens (including phenoxy) is 1. The molecule has 0 bridgehead atoms. The third-order valence-corrected chi connectivity index (χ3v) is 2.70. The predicted molar refractivity (Wildman–Crippen MR) is 71.4 cm³/mol. The molecule has 7 heteroatoms. The minimum absolute atomic E-state index is 0.0108. The lowest BCUT2D eigenvalue weighted by atomic mass is 10.2. The van der Waals surface area contributed by atoms with Crippen molar-refractivity contribution in [3.05, 3.63) is 51.4 Å². The summed E-state index contributed by atoms with van der Waals surface area (Å²) in [7, 11) is 1.48. The normalized spacial score (nSPS) is 10.5. The van der Waals surface area contributed by atoms with E-state index in [9.17, 15) is 10.1 Å². The molecule has 0 amide bonds. The van der Waals surface area contributed by atoms with E-state index >= 15 is 0 Å². The van der Waals surface area contributed by atoms with E-state index in [4.69, 9.17) is 9.26 Å². The van der Waals surface area contributed by atoms with Gasteiger partial charge in [0.15, 0.2) is 5.76 Å². The quantitative estimate of drug-likeness (QED) is 0.643. The molecule has 0 unspecified atom stereocenters. The second kappa shape index (κ2) is 6.16. The Morgan fingerprint density at radius 2 is 2.15 bits per heavy atom. The second-order valence-corrected chi connectivity index (χ2v) is 4.33. The summed E-state index contributed by atoms with van der Waals surface area (Å²) in [6.45, 7) is 2.82. The Bertz CT molecular complexity index is 609. The van der Waals surface area contributed by atoms with Crippen LogP contribution >= 0.6 is 0 Å². The van der Waals surface area contributed by atoms with Gasteiger partial charge < -0.3 is 14.6 Å². The molecule has 1 heterocycles. The number of non-ortho nitro benzene ring substituents is 1. The Hall–Kier alpha value is -2.41. The molecule has 7 nitrogen and oxygen atoms in total. The number of nitro groups is 1. The van der Waals surface area contributed by atoms with Crippen molar-refractivity contribution in [2.24, 2.45) is 0 Å². The van der Waals surface area contributed by atoms with Crippen LogP contribution in [0, 0.1) is 17.0 Å². The largest absolute Gasteiger partial charge is 0.496 e. The molecular formula is C13H15N3O4. The molecule has 0 radical (unpaired) electrons. The maximum Gasteiger partial charge on any atom is 0.273 e. The van der Waals surface area contributed by atoms with Crippen LogP contribution in [0.15, 0.2) is 28.8 Å². The summed E-state index contributed by atoms with van der Waals surface area (Å²) in [4.78, 5) is 10.4. The van der Waals surface area contributed by atoms with Gasteiger partial charge in [0.1, 0.15) is 5.75 Å². The number of methoxy groups -OCH3 is 1. The first-order chi connectivity index (χ1) is 9.58. The van der Waals surface area contributed by atoms with E-state index in [1.54, 1.807) is 6.07 Å². The lowest BCUT2D eigenvalue weighted by Gasteiger charge is -2.06. The monoisotopic (exact) mass is 277 g/mol. The Morgan fingerprint density at radius 3 is 2.75 bits per heavy atom. The molecule has 0 aliphatic heterocycles. The first-order valence-electron chi connectivity index (χ1n) is 6.04. The van der Waals surface area contributed by atoms with Crippen molar-refractivity contribution in [2.45, 2.75) is 20.0 Å². The zero-order chi connectivity index (χ0) is 14.5. The van der Waals surface area contributed by atoms with Gasteiger partial charge in [-0.05, 0) is 18.6 Å². The number of hydrogen-bond acceptors (Lipinski definition) is 6. The molecule has 1 N–H and O–H groups in total. The fraction of sp³-hybridized carbons (Fsp3) is 0.308. The van der Waals surface area contributed by atoms with Crippen LogP contribution in [0.4, 0.5) is 5.69 Å². The second-order valence-electron chi connectivity index (χ2n) is 4.33. The average Bonchev–Trinajstić information content (AvgIpc) is 2.84. The number of rotatable bonds is 6. The SMILES string of the molecule is COc1cc(CNCc2cc(C)no2)cc([N+](=O)[O-])c1. The maximum absolute atomic E-state index is 10.8. The molecule has 1 aromatic heterocycles. The molecule has 0 aliphatic rings. The van der Waals surface area contributed by atoms with Gasteiger partial charge in [0, 0.05) is 18.7 Å². The number of hydrogen-bond donors (Lipinski definition) is 1. The van der Waals surface area contributed by atoms with Gasteiger partial charge >= 0.3 is 0 Å². The molecule has 0 saturated heterocycles. The van der Waals surface area contributed by atoms with Crippen molar-refractivity contribution in [1.82, 2.24) is 10.5 Å². The predicted octanol–water partition coefficient (Wildman–Crippen LogP) is 2.19. The Kier molecular flexibility index (Phi) is 4.31. The summed E-state index contributed by atoms with van der Waals surface area (Å²) in [5.74, 6) is 1.19. The minimum atomic E-state index is -0.439. The van der Waals surface area contributed by atoms with Gasteiger partial charge in [-0.25, -0.2) is 0 Å². The van der Waals surface area contributed by atoms with Crippen molar-refractivity contribution >= 4 is 5.69 Å². The Morgan fingerprint density at radius 1 is 1.35 bits per heavy atom. The zero-order valence-electron chi connectivity index (χ0n) is 11.3. The smallest absolute Gasteiger partial charge is 0.273 e. The van der Waals surface area contributed by atoms with Gasteiger partial charge in [-0.2, -0.15) is 0 Å². The molecule has 1 aromatic carbocycles. The third kappa shape index (κ3) is 3.55. The van der Waals surface area contributed by atoms with Gasteiger partial charge in [0.05, 0.1) is 30.3 Å². The van der Waals surface area contributed by atoms with E-state index in [-0.39, 0.29) is 5.69 Å². The van der Waals surface area contributed by atoms with Crippen molar-refractivity contribution in [3.8, 4) is 5.75 Å². The highest BCUT2D eigenvalue weighted by Crippen LogP contribution is 2.22. The minimum Gasteiger partial charge on any atom is -0.496 e. The van der Waals surface area contributed by atoms with Crippen LogP contribution in [-0.4, -0.2) is 17.2 Å². The summed E-state index contributed by atoms with van der Waals surface area (Å²) < 4.78 is 10.1. The van der Waals surface area contributed by atoms with Crippen LogP contribution in [0.25, 0.3) is 0 Å². The van der Waals surface area contributed by atoms with Gasteiger partial charge in [0.2, 0.25) is 0 Å². The summed E-state index contributed by atoms with van der Waals surface area (Å²) >= 11 is 0. The highest BCUT2D eigenvalue weighted by molar-refractivity contribution is 5.42. The Labute approximate surface area is 115 Å². The first kappa shape index (κ1) is 14.0. The van der Waals surface area contributed by atoms with Crippen molar-refractivity contribution in [1.29, 1.82) is 0 Å². The lowest BCUT2D eigenvalue weighted by Crippen LogP contribution is -2.12. The van der Waals surface area contributed by atoms with E-state index in [0.717, 1.165) is 17.0 Å². The highest BCUT2D eigenvalue weighted by atomic mass is 16.6. The lowest BCUT2D eigenvalue weighted by molar-refractivity contribution is -0.385. The molecule has 106 valence electrons. The van der Waals surface area contributed by atoms with Crippen molar-refractivity contribution < 1.29 is 14.2 Å². The summed E-state index contributed by atoms with van der Waals surface area (Å²) in [6, 6.07) is 6.50.